The van der Waals surface area contributed by atoms with Gasteiger partial charge in [0.1, 0.15) is 18.2 Å². The van der Waals surface area contributed by atoms with Crippen LogP contribution in [0.4, 0.5) is 4.39 Å². The highest BCUT2D eigenvalue weighted by atomic mass is 35.5. The van der Waals surface area contributed by atoms with Crippen molar-refractivity contribution in [1.82, 2.24) is 4.90 Å². The number of hydrogen-bond acceptors (Lipinski definition) is 7. The molecule has 9 heteroatoms. The molecular weight excluding hydrogens is 521 g/mol. The summed E-state index contributed by atoms with van der Waals surface area (Å²) in [5.74, 6) is -0.269. The van der Waals surface area contributed by atoms with Gasteiger partial charge in [-0.15, -0.1) is 0 Å². The lowest BCUT2D eigenvalue weighted by atomic mass is 9.68. The largest absolute Gasteiger partial charge is 0.490 e. The third kappa shape index (κ3) is 5.75. The minimum atomic E-state index is -0.718. The van der Waals surface area contributed by atoms with Crippen molar-refractivity contribution in [3.8, 4) is 17.6 Å². The normalized spacial score (nSPS) is 18.6. The van der Waals surface area contributed by atoms with Crippen molar-refractivity contribution in [1.29, 1.82) is 5.26 Å². The molecule has 1 atom stereocenters. The number of carbonyl (C=O) groups excluding carboxylic acids is 1. The molecule has 0 bridgehead atoms. The third-order valence-corrected chi connectivity index (χ3v) is 7.28. The average molecular weight is 554 g/mol. The van der Waals surface area contributed by atoms with E-state index in [2.05, 4.69) is 6.07 Å². The molecule has 206 valence electrons. The zero-order valence-electron chi connectivity index (χ0n) is 22.6. The van der Waals surface area contributed by atoms with Crippen LogP contribution in [0.15, 0.2) is 59.1 Å². The standard InChI is InChI=1S/C30H33ClFN3O4/c1-5-38-25-13-19(12-21(31)28(25)39-17-18-8-6-7-9-22(18)32)26-20(16-33)29(34)35(10-11-37-4)23-14-30(2,3)15-24(36)27(23)26/h6-9,12-13,26H,5,10-11,14-15,17,34H2,1-4H3/t26-/m1/s1. The number of rotatable bonds is 9. The Labute approximate surface area is 233 Å². The number of ether oxygens (including phenoxy) is 3. The van der Waals surface area contributed by atoms with E-state index in [0.717, 1.165) is 5.70 Å². The van der Waals surface area contributed by atoms with E-state index in [1.54, 1.807) is 37.4 Å². The number of benzene rings is 2. The maximum atomic E-state index is 14.2. The lowest BCUT2D eigenvalue weighted by Gasteiger charge is -2.43. The minimum absolute atomic E-state index is 0.0390. The lowest BCUT2D eigenvalue weighted by Crippen LogP contribution is -2.43. The fraction of sp³-hybridized carbons (Fsp3) is 0.400. The Bertz CT molecular complexity index is 1380. The molecule has 2 aromatic carbocycles. The van der Waals surface area contributed by atoms with Crippen LogP contribution in [0.3, 0.4) is 0 Å². The summed E-state index contributed by atoms with van der Waals surface area (Å²) in [4.78, 5) is 15.5. The van der Waals surface area contributed by atoms with E-state index in [-0.39, 0.29) is 45.8 Å². The molecule has 0 saturated carbocycles. The highest BCUT2D eigenvalue weighted by Gasteiger charge is 2.44. The Morgan fingerprint density at radius 2 is 1.97 bits per heavy atom. The van der Waals surface area contributed by atoms with Gasteiger partial charge in [-0.3, -0.25) is 4.79 Å². The number of Topliss-reactive ketones (excluding diaryl/α,β-unsaturated/α-hetero) is 1. The first kappa shape index (κ1) is 28.5. The number of nitrogens with zero attached hydrogens (tertiary/aromatic N) is 2. The quantitative estimate of drug-likeness (QED) is 0.416. The molecule has 7 nitrogen and oxygen atoms in total. The molecule has 0 spiro atoms. The van der Waals surface area contributed by atoms with Gasteiger partial charge in [0.15, 0.2) is 17.3 Å². The van der Waals surface area contributed by atoms with Gasteiger partial charge in [-0.1, -0.05) is 43.6 Å². The van der Waals surface area contributed by atoms with E-state index in [1.807, 2.05) is 25.7 Å². The van der Waals surface area contributed by atoms with Crippen LogP contribution in [0.5, 0.6) is 11.5 Å². The SMILES string of the molecule is CCOc1cc([C@@H]2C(C#N)=C(N)N(CCOC)C3=C2C(=O)CC(C)(C)C3)cc(Cl)c1OCc1ccccc1F. The van der Waals surface area contributed by atoms with Crippen molar-refractivity contribution < 1.29 is 23.4 Å². The van der Waals surface area contributed by atoms with E-state index < -0.39 is 5.92 Å². The molecule has 0 aromatic heterocycles. The first-order chi connectivity index (χ1) is 18.6. The average Bonchev–Trinajstić information content (AvgIpc) is 2.87. The van der Waals surface area contributed by atoms with Gasteiger partial charge in [-0.05, 0) is 42.5 Å². The highest BCUT2D eigenvalue weighted by Crippen LogP contribution is 2.50. The second-order valence-corrected chi connectivity index (χ2v) is 10.8. The second-order valence-electron chi connectivity index (χ2n) is 10.4. The van der Waals surface area contributed by atoms with Crippen molar-refractivity contribution in [3.63, 3.8) is 0 Å². The molecule has 2 aromatic rings. The van der Waals surface area contributed by atoms with Gasteiger partial charge in [0, 0.05) is 36.9 Å². The van der Waals surface area contributed by atoms with E-state index in [0.29, 0.717) is 55.0 Å². The van der Waals surface area contributed by atoms with Crippen LogP contribution in [-0.4, -0.2) is 37.6 Å². The van der Waals surface area contributed by atoms with Crippen LogP contribution in [0.25, 0.3) is 0 Å². The monoisotopic (exact) mass is 553 g/mol. The first-order valence-electron chi connectivity index (χ1n) is 12.9. The Morgan fingerprint density at radius 1 is 1.23 bits per heavy atom. The minimum Gasteiger partial charge on any atom is -0.490 e. The van der Waals surface area contributed by atoms with Gasteiger partial charge in [0.25, 0.3) is 0 Å². The number of hydrogen-bond donors (Lipinski definition) is 1. The summed E-state index contributed by atoms with van der Waals surface area (Å²) < 4.78 is 31.3. The number of nitriles is 1. The number of carbonyl (C=O) groups is 1. The van der Waals surface area contributed by atoms with Crippen molar-refractivity contribution in [2.24, 2.45) is 11.1 Å². The molecule has 0 amide bonds. The molecule has 4 rings (SSSR count). The van der Waals surface area contributed by atoms with Crippen molar-refractivity contribution in [3.05, 3.63) is 81.0 Å². The first-order valence-corrected chi connectivity index (χ1v) is 13.2. The zero-order chi connectivity index (χ0) is 28.3. The molecule has 1 aliphatic heterocycles. The second kappa shape index (κ2) is 11.7. The number of ketones is 1. The molecule has 2 N–H and O–H groups in total. The van der Waals surface area contributed by atoms with E-state index in [1.165, 1.54) is 6.07 Å². The number of nitrogens with two attached hydrogens (primary N) is 1. The highest BCUT2D eigenvalue weighted by molar-refractivity contribution is 6.32. The van der Waals surface area contributed by atoms with Crippen molar-refractivity contribution >= 4 is 17.4 Å². The van der Waals surface area contributed by atoms with E-state index in [9.17, 15) is 14.4 Å². The van der Waals surface area contributed by atoms with Gasteiger partial charge < -0.3 is 24.8 Å². The molecule has 0 unspecified atom stereocenters. The fourth-order valence-corrected chi connectivity index (χ4v) is 5.54. The van der Waals surface area contributed by atoms with Crippen LogP contribution in [-0.2, 0) is 16.1 Å². The molecule has 0 saturated heterocycles. The van der Waals surface area contributed by atoms with Crippen LogP contribution in [0.1, 0.15) is 50.7 Å². The molecule has 0 fully saturated rings. The smallest absolute Gasteiger partial charge is 0.180 e. The lowest BCUT2D eigenvalue weighted by molar-refractivity contribution is -0.118. The molecular formula is C30H33ClFN3O4. The number of halogens is 2. The zero-order valence-corrected chi connectivity index (χ0v) is 23.4. The van der Waals surface area contributed by atoms with E-state index in [4.69, 9.17) is 31.5 Å². The predicted molar refractivity (Wildman–Crippen MR) is 147 cm³/mol. The Kier molecular flexibility index (Phi) is 8.53. The van der Waals surface area contributed by atoms with Crippen LogP contribution < -0.4 is 15.2 Å². The molecule has 39 heavy (non-hydrogen) atoms. The van der Waals surface area contributed by atoms with Crippen LogP contribution >= 0.6 is 11.6 Å². The van der Waals surface area contributed by atoms with Gasteiger partial charge in [-0.2, -0.15) is 5.26 Å². The van der Waals surface area contributed by atoms with Crippen LogP contribution in [0.2, 0.25) is 5.02 Å². The Balaban J connectivity index is 1.83. The van der Waals surface area contributed by atoms with Gasteiger partial charge >= 0.3 is 0 Å². The maximum Gasteiger partial charge on any atom is 0.180 e. The summed E-state index contributed by atoms with van der Waals surface area (Å²) >= 11 is 6.72. The van der Waals surface area contributed by atoms with Crippen LogP contribution in [0, 0.1) is 22.6 Å². The van der Waals surface area contributed by atoms with Gasteiger partial charge in [-0.25, -0.2) is 4.39 Å². The summed E-state index contributed by atoms with van der Waals surface area (Å²) in [5, 5.41) is 10.5. The fourth-order valence-electron chi connectivity index (χ4n) is 5.27. The predicted octanol–water partition coefficient (Wildman–Crippen LogP) is 5.84. The summed E-state index contributed by atoms with van der Waals surface area (Å²) in [5.41, 5.74) is 8.88. The molecule has 2 aliphatic rings. The summed E-state index contributed by atoms with van der Waals surface area (Å²) in [6.07, 6.45) is 0.957. The molecule has 1 heterocycles. The van der Waals surface area contributed by atoms with E-state index >= 15 is 0 Å². The Hall–Kier alpha value is -3.54. The van der Waals surface area contributed by atoms with Crippen molar-refractivity contribution in [2.45, 2.75) is 46.1 Å². The number of allylic oxidation sites excluding steroid dienone is 3. The topological polar surface area (TPSA) is 97.8 Å². The molecule has 1 aliphatic carbocycles. The Morgan fingerprint density at radius 3 is 2.64 bits per heavy atom. The summed E-state index contributed by atoms with van der Waals surface area (Å²) in [6.45, 7) is 6.97. The number of methoxy groups -OCH3 is 1. The summed E-state index contributed by atoms with van der Waals surface area (Å²) in [6, 6.07) is 12.0. The van der Waals surface area contributed by atoms with Gasteiger partial charge in [0.2, 0.25) is 0 Å². The molecule has 0 radical (unpaired) electrons. The summed E-state index contributed by atoms with van der Waals surface area (Å²) in [7, 11) is 1.59. The maximum absolute atomic E-state index is 14.2. The van der Waals surface area contributed by atoms with Gasteiger partial charge in [0.05, 0.1) is 35.8 Å². The van der Waals surface area contributed by atoms with Crippen molar-refractivity contribution in [2.75, 3.05) is 26.9 Å². The third-order valence-electron chi connectivity index (χ3n) is 7.00.